The molecule has 1 amide bonds. The number of hydrogen-bond donors (Lipinski definition) is 1. The second-order valence-corrected chi connectivity index (χ2v) is 7.46. The summed E-state index contributed by atoms with van der Waals surface area (Å²) in [6.45, 7) is 4.32. The summed E-state index contributed by atoms with van der Waals surface area (Å²) in [5, 5.41) is 12.7. The number of hydrogen-bond acceptors (Lipinski definition) is 5. The Hall–Kier alpha value is -1.40. The molecule has 1 aromatic carbocycles. The van der Waals surface area contributed by atoms with Crippen molar-refractivity contribution in [1.82, 2.24) is 10.2 Å². The monoisotopic (exact) mass is 349 g/mol. The molecule has 1 N–H and O–H groups in total. The van der Waals surface area contributed by atoms with Crippen molar-refractivity contribution in [2.45, 2.75) is 50.8 Å². The summed E-state index contributed by atoms with van der Waals surface area (Å²) >= 11 is 3.18. The van der Waals surface area contributed by atoms with Crippen LogP contribution in [0.25, 0.3) is 0 Å². The molecule has 124 valence electrons. The molecule has 0 aliphatic carbocycles. The molecule has 0 aliphatic heterocycles. The molecule has 4 nitrogen and oxygen atoms in total. The van der Waals surface area contributed by atoms with E-state index in [1.54, 1.807) is 11.8 Å². The van der Waals surface area contributed by atoms with E-state index in [0.29, 0.717) is 10.7 Å². The predicted octanol–water partition coefficient (Wildman–Crippen LogP) is 5.03. The van der Waals surface area contributed by atoms with Crippen molar-refractivity contribution in [3.05, 3.63) is 34.8 Å². The number of nitrogens with one attached hydrogen (secondary N) is 1. The highest BCUT2D eigenvalue weighted by atomic mass is 32.2. The number of carbonyl (C=O) groups excluding carboxylic acids is 1. The predicted molar refractivity (Wildman–Crippen MR) is 98.5 cm³/mol. The molecular formula is C17H23N3OS2. The van der Waals surface area contributed by atoms with Gasteiger partial charge in [-0.2, -0.15) is 0 Å². The van der Waals surface area contributed by atoms with Gasteiger partial charge in [-0.15, -0.1) is 22.0 Å². The number of unbranched alkanes of at least 4 members (excludes halogenated alkanes) is 2. The molecule has 1 aromatic heterocycles. The number of amides is 1. The average molecular weight is 350 g/mol. The number of nitrogens with zero attached hydrogens (tertiary/aromatic N) is 2. The molecular weight excluding hydrogens is 326 g/mol. The fraction of sp³-hybridized carbons (Fsp3) is 0.471. The van der Waals surface area contributed by atoms with Gasteiger partial charge in [0.05, 0.1) is 5.56 Å². The lowest BCUT2D eigenvalue weighted by atomic mass is 10.2. The maximum atomic E-state index is 12.5. The Bertz CT molecular complexity index is 628. The van der Waals surface area contributed by atoms with E-state index in [1.807, 2.05) is 24.3 Å². The van der Waals surface area contributed by atoms with Crippen LogP contribution in [0.5, 0.6) is 0 Å². The van der Waals surface area contributed by atoms with E-state index < -0.39 is 0 Å². The molecule has 0 radical (unpaired) electrons. The highest BCUT2D eigenvalue weighted by Gasteiger charge is 2.13. The van der Waals surface area contributed by atoms with Crippen molar-refractivity contribution in [2.24, 2.45) is 0 Å². The van der Waals surface area contributed by atoms with Crippen molar-refractivity contribution in [3.8, 4) is 0 Å². The zero-order chi connectivity index (χ0) is 16.5. The molecule has 0 aliphatic rings. The van der Waals surface area contributed by atoms with Crippen molar-refractivity contribution in [1.29, 1.82) is 0 Å². The smallest absolute Gasteiger partial charge is 0.258 e. The van der Waals surface area contributed by atoms with Gasteiger partial charge < -0.3 is 0 Å². The largest absolute Gasteiger partial charge is 0.296 e. The van der Waals surface area contributed by atoms with E-state index in [1.165, 1.54) is 24.2 Å². The minimum absolute atomic E-state index is 0.111. The molecule has 0 saturated heterocycles. The Morgan fingerprint density at radius 3 is 2.78 bits per heavy atom. The van der Waals surface area contributed by atoms with Crippen LogP contribution >= 0.6 is 23.1 Å². The Kier molecular flexibility index (Phi) is 7.55. The fourth-order valence-electron chi connectivity index (χ4n) is 2.09. The molecule has 0 spiro atoms. The van der Waals surface area contributed by atoms with Crippen molar-refractivity contribution in [2.75, 3.05) is 11.1 Å². The molecule has 0 atom stereocenters. The molecule has 1 heterocycles. The van der Waals surface area contributed by atoms with Gasteiger partial charge in [0.1, 0.15) is 5.01 Å². The summed E-state index contributed by atoms with van der Waals surface area (Å²) in [5.74, 6) is 0.894. The molecule has 0 bridgehead atoms. The maximum absolute atomic E-state index is 12.5. The van der Waals surface area contributed by atoms with Crippen LogP contribution in [-0.2, 0) is 6.42 Å². The first-order valence-electron chi connectivity index (χ1n) is 8.10. The van der Waals surface area contributed by atoms with Crippen LogP contribution in [0, 0.1) is 0 Å². The van der Waals surface area contributed by atoms with Crippen LogP contribution in [0.4, 0.5) is 5.13 Å². The van der Waals surface area contributed by atoms with Gasteiger partial charge in [0.25, 0.3) is 5.91 Å². The lowest BCUT2D eigenvalue weighted by molar-refractivity contribution is 0.102. The number of benzene rings is 1. The lowest BCUT2D eigenvalue weighted by Crippen LogP contribution is -2.12. The Morgan fingerprint density at radius 1 is 1.17 bits per heavy atom. The van der Waals surface area contributed by atoms with Crippen LogP contribution in [0.15, 0.2) is 29.2 Å². The van der Waals surface area contributed by atoms with Crippen molar-refractivity contribution in [3.63, 3.8) is 0 Å². The Morgan fingerprint density at radius 2 is 2.00 bits per heavy atom. The van der Waals surface area contributed by atoms with Crippen LogP contribution in [-0.4, -0.2) is 21.9 Å². The van der Waals surface area contributed by atoms with E-state index in [-0.39, 0.29) is 5.91 Å². The standard InChI is InChI=1S/C17H23N3OS2/c1-3-5-6-11-15-19-20-17(23-15)18-16(21)13-9-7-8-10-14(13)22-12-4-2/h7-10H,3-6,11-12H2,1-2H3,(H,18,20,21). The van der Waals surface area contributed by atoms with Gasteiger partial charge in [0, 0.05) is 11.3 Å². The Balaban J connectivity index is 1.99. The average Bonchev–Trinajstić information content (AvgIpc) is 3.00. The van der Waals surface area contributed by atoms with E-state index in [4.69, 9.17) is 0 Å². The number of aromatic nitrogens is 2. The summed E-state index contributed by atoms with van der Waals surface area (Å²) < 4.78 is 0. The lowest BCUT2D eigenvalue weighted by Gasteiger charge is -2.07. The number of thioether (sulfide) groups is 1. The van der Waals surface area contributed by atoms with Gasteiger partial charge in [-0.3, -0.25) is 10.1 Å². The minimum atomic E-state index is -0.111. The van der Waals surface area contributed by atoms with Crippen LogP contribution in [0.1, 0.15) is 54.9 Å². The van der Waals surface area contributed by atoms with Crippen LogP contribution < -0.4 is 5.32 Å². The molecule has 2 aromatic rings. The summed E-state index contributed by atoms with van der Waals surface area (Å²) in [5.41, 5.74) is 0.702. The molecule has 6 heteroatoms. The van der Waals surface area contributed by atoms with E-state index >= 15 is 0 Å². The summed E-state index contributed by atoms with van der Waals surface area (Å²) in [6, 6.07) is 7.70. The fourth-order valence-corrected chi connectivity index (χ4v) is 3.78. The first kappa shape index (κ1) is 17.9. The third-order valence-corrected chi connectivity index (χ3v) is 5.45. The first-order chi connectivity index (χ1) is 11.2. The van der Waals surface area contributed by atoms with Gasteiger partial charge in [-0.25, -0.2) is 0 Å². The van der Waals surface area contributed by atoms with Crippen molar-refractivity contribution >= 4 is 34.1 Å². The van der Waals surface area contributed by atoms with Gasteiger partial charge in [0.15, 0.2) is 0 Å². The number of rotatable bonds is 9. The van der Waals surface area contributed by atoms with Gasteiger partial charge in [-0.1, -0.05) is 50.2 Å². The zero-order valence-electron chi connectivity index (χ0n) is 13.7. The zero-order valence-corrected chi connectivity index (χ0v) is 15.3. The van der Waals surface area contributed by atoms with E-state index in [2.05, 4.69) is 29.4 Å². The van der Waals surface area contributed by atoms with Gasteiger partial charge in [0.2, 0.25) is 5.13 Å². The summed E-state index contributed by atoms with van der Waals surface area (Å²) in [4.78, 5) is 13.5. The first-order valence-corrected chi connectivity index (χ1v) is 9.90. The molecule has 2 rings (SSSR count). The summed E-state index contributed by atoms with van der Waals surface area (Å²) in [6.07, 6.45) is 5.52. The molecule has 23 heavy (non-hydrogen) atoms. The highest BCUT2D eigenvalue weighted by molar-refractivity contribution is 7.99. The second kappa shape index (κ2) is 9.67. The third-order valence-electron chi connectivity index (χ3n) is 3.27. The Labute approximate surface area is 146 Å². The SMILES string of the molecule is CCCCCc1nnc(NC(=O)c2ccccc2SCCC)s1. The normalized spacial score (nSPS) is 10.7. The van der Waals surface area contributed by atoms with Gasteiger partial charge >= 0.3 is 0 Å². The van der Waals surface area contributed by atoms with Crippen LogP contribution in [0.2, 0.25) is 0 Å². The van der Waals surface area contributed by atoms with E-state index in [0.717, 1.165) is 34.9 Å². The quantitative estimate of drug-likeness (QED) is 0.510. The second-order valence-electron chi connectivity index (χ2n) is 5.26. The topological polar surface area (TPSA) is 54.9 Å². The molecule has 0 unspecified atom stereocenters. The summed E-state index contributed by atoms with van der Waals surface area (Å²) in [7, 11) is 0. The highest BCUT2D eigenvalue weighted by Crippen LogP contribution is 2.25. The van der Waals surface area contributed by atoms with Crippen LogP contribution in [0.3, 0.4) is 0 Å². The van der Waals surface area contributed by atoms with E-state index in [9.17, 15) is 4.79 Å². The number of anilines is 1. The molecule has 0 fully saturated rings. The number of carbonyl (C=O) groups is 1. The molecule has 0 saturated carbocycles. The van der Waals surface area contributed by atoms with Gasteiger partial charge in [-0.05, 0) is 30.7 Å². The number of aryl methyl sites for hydroxylation is 1. The minimum Gasteiger partial charge on any atom is -0.296 e. The van der Waals surface area contributed by atoms with Crippen molar-refractivity contribution < 1.29 is 4.79 Å². The third kappa shape index (κ3) is 5.62. The maximum Gasteiger partial charge on any atom is 0.258 e.